The normalized spacial score (nSPS) is 17.3. The van der Waals surface area contributed by atoms with Crippen molar-refractivity contribution >= 4 is 27.6 Å². The van der Waals surface area contributed by atoms with Gasteiger partial charge in [0.05, 0.1) is 6.20 Å². The molecule has 5 nitrogen and oxygen atoms in total. The summed E-state index contributed by atoms with van der Waals surface area (Å²) in [7, 11) is 0. The molecule has 0 spiro atoms. The first-order valence-corrected chi connectivity index (χ1v) is 11.0. The number of rotatable bonds is 4. The third-order valence-corrected chi connectivity index (χ3v) is 6.81. The van der Waals surface area contributed by atoms with Crippen LogP contribution in [-0.4, -0.2) is 39.9 Å². The quantitative estimate of drug-likeness (QED) is 0.481. The molecule has 0 radical (unpaired) electrons. The molecule has 0 amide bonds. The van der Waals surface area contributed by atoms with Crippen molar-refractivity contribution in [3.8, 4) is 11.5 Å². The molecule has 0 saturated carbocycles. The summed E-state index contributed by atoms with van der Waals surface area (Å²) in [5.74, 6) is 0.903. The van der Waals surface area contributed by atoms with E-state index in [9.17, 15) is 4.79 Å². The van der Waals surface area contributed by atoms with Crippen molar-refractivity contribution in [3.63, 3.8) is 0 Å². The third-order valence-electron chi connectivity index (χ3n) is 6.81. The number of Topliss-reactive ketones (excluding diaryl/α,β-unsaturated/α-hetero) is 1. The highest BCUT2D eigenvalue weighted by Gasteiger charge is 2.25. The van der Waals surface area contributed by atoms with Crippen LogP contribution in [0.3, 0.4) is 0 Å². The molecule has 3 heterocycles. The van der Waals surface area contributed by atoms with E-state index in [0.717, 1.165) is 30.6 Å². The second kappa shape index (κ2) is 7.10. The third kappa shape index (κ3) is 2.80. The van der Waals surface area contributed by atoms with Gasteiger partial charge in [-0.25, -0.2) is 4.98 Å². The molecule has 0 bridgehead atoms. The molecular formula is C25H25N3O2. The minimum Gasteiger partial charge on any atom is -0.445 e. The van der Waals surface area contributed by atoms with E-state index in [2.05, 4.69) is 38.7 Å². The highest BCUT2D eigenvalue weighted by atomic mass is 16.3. The Bertz CT molecular complexity index is 1250. The van der Waals surface area contributed by atoms with Crippen molar-refractivity contribution < 1.29 is 9.21 Å². The standard InChI is InChI=1S/C25H25N3O2/c29-23-9-6-19-18(23)5-8-22-24(19)20-16-17(25-26-10-15-30-25)4-7-21(20)28(22)14-13-27-11-2-1-3-12-27/h4-5,7-8,10,15-16H,1-3,6,9,11-14H2. The maximum absolute atomic E-state index is 12.4. The molecule has 1 saturated heterocycles. The number of carbonyl (C=O) groups excluding carboxylic acids is 1. The Kier molecular flexibility index (Phi) is 4.23. The van der Waals surface area contributed by atoms with Crippen molar-refractivity contribution in [1.29, 1.82) is 0 Å². The fourth-order valence-corrected chi connectivity index (χ4v) is 5.32. The largest absolute Gasteiger partial charge is 0.445 e. The lowest BCUT2D eigenvalue weighted by atomic mass is 10.0. The number of carbonyl (C=O) groups is 1. The van der Waals surface area contributed by atoms with E-state index in [4.69, 9.17) is 4.42 Å². The zero-order chi connectivity index (χ0) is 20.1. The monoisotopic (exact) mass is 399 g/mol. The maximum Gasteiger partial charge on any atom is 0.225 e. The van der Waals surface area contributed by atoms with Crippen LogP contribution in [0.2, 0.25) is 0 Å². The Morgan fingerprint density at radius 3 is 2.67 bits per heavy atom. The lowest BCUT2D eigenvalue weighted by Gasteiger charge is -2.26. The maximum atomic E-state index is 12.4. The number of piperidine rings is 1. The summed E-state index contributed by atoms with van der Waals surface area (Å²) < 4.78 is 7.99. The molecule has 1 fully saturated rings. The van der Waals surface area contributed by atoms with Crippen LogP contribution in [0.15, 0.2) is 47.2 Å². The molecule has 1 aliphatic heterocycles. The van der Waals surface area contributed by atoms with Crippen molar-refractivity contribution in [3.05, 3.63) is 53.9 Å². The first-order valence-electron chi connectivity index (χ1n) is 11.0. The van der Waals surface area contributed by atoms with Gasteiger partial charge >= 0.3 is 0 Å². The molecule has 2 aromatic heterocycles. The van der Waals surface area contributed by atoms with Crippen LogP contribution in [0.1, 0.15) is 41.6 Å². The lowest BCUT2D eigenvalue weighted by Crippen LogP contribution is -2.32. The Morgan fingerprint density at radius 1 is 0.967 bits per heavy atom. The Hall–Kier alpha value is -2.92. The molecule has 152 valence electrons. The average molecular weight is 399 g/mol. The van der Waals surface area contributed by atoms with Crippen LogP contribution in [0.4, 0.5) is 0 Å². The minimum atomic E-state index is 0.268. The van der Waals surface area contributed by atoms with Gasteiger partial charge in [0.1, 0.15) is 6.26 Å². The number of aromatic nitrogens is 2. The summed E-state index contributed by atoms with van der Waals surface area (Å²) in [5.41, 5.74) is 5.55. The highest BCUT2D eigenvalue weighted by molar-refractivity contribution is 6.15. The van der Waals surface area contributed by atoms with Gasteiger partial charge in [-0.1, -0.05) is 6.42 Å². The van der Waals surface area contributed by atoms with Gasteiger partial charge in [0.15, 0.2) is 5.78 Å². The number of ketones is 1. The van der Waals surface area contributed by atoms with Gasteiger partial charge in [0.2, 0.25) is 5.89 Å². The summed E-state index contributed by atoms with van der Waals surface area (Å²) in [4.78, 5) is 19.3. The number of oxazole rings is 1. The van der Waals surface area contributed by atoms with Gasteiger partial charge in [-0.3, -0.25) is 4.79 Å². The second-order valence-electron chi connectivity index (χ2n) is 8.53. The summed E-state index contributed by atoms with van der Waals surface area (Å²) in [6, 6.07) is 10.7. The van der Waals surface area contributed by atoms with E-state index < -0.39 is 0 Å². The number of hydrogen-bond acceptors (Lipinski definition) is 4. The molecule has 5 heteroatoms. The Balaban J connectivity index is 1.52. The van der Waals surface area contributed by atoms with E-state index >= 15 is 0 Å². The van der Waals surface area contributed by atoms with Crippen LogP contribution in [-0.2, 0) is 13.0 Å². The first kappa shape index (κ1) is 17.9. The van der Waals surface area contributed by atoms with Crippen molar-refractivity contribution in [1.82, 2.24) is 14.5 Å². The van der Waals surface area contributed by atoms with E-state index in [1.54, 1.807) is 12.5 Å². The van der Waals surface area contributed by atoms with Gasteiger partial charge in [-0.05, 0) is 68.2 Å². The van der Waals surface area contributed by atoms with Gasteiger partial charge in [-0.2, -0.15) is 0 Å². The summed E-state index contributed by atoms with van der Waals surface area (Å²) in [6.07, 6.45) is 8.71. The van der Waals surface area contributed by atoms with Crippen LogP contribution in [0, 0.1) is 0 Å². The number of aryl methyl sites for hydroxylation is 1. The Morgan fingerprint density at radius 2 is 1.83 bits per heavy atom. The number of nitrogens with zero attached hydrogens (tertiary/aromatic N) is 3. The topological polar surface area (TPSA) is 51.3 Å². The van der Waals surface area contributed by atoms with Gasteiger partial charge in [-0.15, -0.1) is 0 Å². The van der Waals surface area contributed by atoms with Crippen molar-refractivity contribution in [2.45, 2.75) is 38.6 Å². The smallest absolute Gasteiger partial charge is 0.225 e. The minimum absolute atomic E-state index is 0.268. The highest BCUT2D eigenvalue weighted by Crippen LogP contribution is 2.38. The first-order chi connectivity index (χ1) is 14.8. The summed E-state index contributed by atoms with van der Waals surface area (Å²) in [5, 5.41) is 2.44. The van der Waals surface area contributed by atoms with E-state index in [1.165, 1.54) is 59.7 Å². The zero-order valence-corrected chi connectivity index (χ0v) is 17.1. The fraction of sp³-hybridized carbons (Fsp3) is 0.360. The summed E-state index contributed by atoms with van der Waals surface area (Å²) in [6.45, 7) is 4.44. The molecule has 0 atom stereocenters. The SMILES string of the molecule is O=C1CCc2c1ccc1c2c2cc(-c3ncco3)ccc2n1CCN1CCCCC1. The predicted octanol–water partition coefficient (Wildman–Crippen LogP) is 5.06. The lowest BCUT2D eigenvalue weighted by molar-refractivity contribution is 0.0994. The molecule has 4 aromatic rings. The van der Waals surface area contributed by atoms with E-state index in [-0.39, 0.29) is 5.78 Å². The molecule has 6 rings (SSSR count). The van der Waals surface area contributed by atoms with Gasteiger partial charge < -0.3 is 13.9 Å². The number of hydrogen-bond donors (Lipinski definition) is 0. The van der Waals surface area contributed by atoms with E-state index in [1.807, 2.05) is 6.07 Å². The molecule has 30 heavy (non-hydrogen) atoms. The van der Waals surface area contributed by atoms with Gasteiger partial charge in [0, 0.05) is 52.4 Å². The van der Waals surface area contributed by atoms with Crippen molar-refractivity contribution in [2.75, 3.05) is 19.6 Å². The molecule has 0 N–H and O–H groups in total. The van der Waals surface area contributed by atoms with E-state index in [0.29, 0.717) is 12.3 Å². The van der Waals surface area contributed by atoms with Crippen molar-refractivity contribution in [2.24, 2.45) is 0 Å². The average Bonchev–Trinajstić information content (AvgIpc) is 3.51. The second-order valence-corrected chi connectivity index (χ2v) is 8.53. The fourth-order valence-electron chi connectivity index (χ4n) is 5.32. The van der Waals surface area contributed by atoms with Crippen LogP contribution in [0.5, 0.6) is 0 Å². The molecular weight excluding hydrogens is 374 g/mol. The molecule has 0 unspecified atom stereocenters. The van der Waals surface area contributed by atoms with Crippen LogP contribution in [0.25, 0.3) is 33.3 Å². The molecule has 1 aliphatic carbocycles. The van der Waals surface area contributed by atoms with Crippen LogP contribution >= 0.6 is 0 Å². The molecule has 2 aliphatic rings. The summed E-state index contributed by atoms with van der Waals surface area (Å²) >= 11 is 0. The van der Waals surface area contributed by atoms with Gasteiger partial charge in [0.25, 0.3) is 0 Å². The zero-order valence-electron chi connectivity index (χ0n) is 17.1. The number of fused-ring (bicyclic) bond motifs is 5. The number of benzene rings is 2. The number of likely N-dealkylation sites (tertiary alicyclic amines) is 1. The molecule has 2 aromatic carbocycles. The predicted molar refractivity (Wildman–Crippen MR) is 118 cm³/mol. The Labute approximate surface area is 175 Å². The van der Waals surface area contributed by atoms with Crippen LogP contribution < -0.4 is 0 Å².